The molecule has 1 unspecified atom stereocenters. The number of thiol groups is 1. The van der Waals surface area contributed by atoms with E-state index in [1.54, 1.807) is 0 Å². The molecule has 0 aliphatic heterocycles. The number of fused-ring (bicyclic) bond motifs is 1. The molecule has 6 heteroatoms. The number of nitrogens with one attached hydrogen (secondary N) is 1. The van der Waals surface area contributed by atoms with Crippen LogP contribution in [0.3, 0.4) is 0 Å². The number of amides is 1. The first-order valence-electron chi connectivity index (χ1n) is 6.84. The SMILES string of the molecule is O=C(Nc1nc2c(cc1Br)C=CC(S)C=C2)OC1CCC1. The summed E-state index contributed by atoms with van der Waals surface area (Å²) in [6.45, 7) is 0. The normalized spacial score (nSPS) is 20.4. The van der Waals surface area contributed by atoms with Crippen LogP contribution < -0.4 is 5.32 Å². The van der Waals surface area contributed by atoms with Gasteiger partial charge in [0.25, 0.3) is 0 Å². The Kier molecular flexibility index (Phi) is 4.35. The van der Waals surface area contributed by atoms with Crippen molar-refractivity contribution >= 4 is 52.6 Å². The number of carbonyl (C=O) groups excluding carboxylic acids is 1. The molecule has 1 fully saturated rings. The predicted molar refractivity (Wildman–Crippen MR) is 90.5 cm³/mol. The van der Waals surface area contributed by atoms with Crippen molar-refractivity contribution in [2.75, 3.05) is 5.32 Å². The number of hydrogen-bond donors (Lipinski definition) is 2. The summed E-state index contributed by atoms with van der Waals surface area (Å²) in [4.78, 5) is 16.3. The van der Waals surface area contributed by atoms with Crippen LogP contribution in [0.2, 0.25) is 0 Å². The highest BCUT2D eigenvalue weighted by molar-refractivity contribution is 9.10. The van der Waals surface area contributed by atoms with Crippen LogP contribution in [0.5, 0.6) is 0 Å². The number of anilines is 1. The second kappa shape index (κ2) is 6.23. The first-order valence-corrected chi connectivity index (χ1v) is 8.15. The fourth-order valence-electron chi connectivity index (χ4n) is 2.09. The van der Waals surface area contributed by atoms with Crippen molar-refractivity contribution < 1.29 is 9.53 Å². The molecular weight excluding hydrogens is 352 g/mol. The van der Waals surface area contributed by atoms with Gasteiger partial charge in [-0.1, -0.05) is 18.2 Å². The van der Waals surface area contributed by atoms with Crippen molar-refractivity contribution in [2.24, 2.45) is 0 Å². The zero-order valence-electron chi connectivity index (χ0n) is 11.3. The molecule has 4 nitrogen and oxygen atoms in total. The molecule has 0 radical (unpaired) electrons. The molecule has 1 heterocycles. The topological polar surface area (TPSA) is 51.2 Å². The van der Waals surface area contributed by atoms with Gasteiger partial charge < -0.3 is 4.74 Å². The molecule has 0 saturated heterocycles. The van der Waals surface area contributed by atoms with Crippen LogP contribution >= 0.6 is 28.6 Å². The molecule has 3 rings (SSSR count). The van der Waals surface area contributed by atoms with Gasteiger partial charge in [-0.25, -0.2) is 9.78 Å². The Bertz CT molecular complexity index is 626. The Morgan fingerprint density at radius 3 is 2.86 bits per heavy atom. The highest BCUT2D eigenvalue weighted by atomic mass is 79.9. The zero-order valence-corrected chi connectivity index (χ0v) is 13.7. The summed E-state index contributed by atoms with van der Waals surface area (Å²) in [7, 11) is 0. The summed E-state index contributed by atoms with van der Waals surface area (Å²) in [5, 5.41) is 2.76. The fourth-order valence-corrected chi connectivity index (χ4v) is 2.70. The van der Waals surface area contributed by atoms with Gasteiger partial charge in [-0.2, -0.15) is 12.6 Å². The van der Waals surface area contributed by atoms with Crippen LogP contribution in [0.1, 0.15) is 30.5 Å². The first kappa shape index (κ1) is 14.7. The first-order chi connectivity index (χ1) is 10.1. The van der Waals surface area contributed by atoms with Gasteiger partial charge in [0.1, 0.15) is 11.9 Å². The molecule has 0 aromatic carbocycles. The Morgan fingerprint density at radius 2 is 2.14 bits per heavy atom. The van der Waals surface area contributed by atoms with Crippen LogP contribution in [-0.2, 0) is 4.74 Å². The Morgan fingerprint density at radius 1 is 1.38 bits per heavy atom. The van der Waals surface area contributed by atoms with Gasteiger partial charge >= 0.3 is 6.09 Å². The minimum absolute atomic E-state index is 0.0531. The number of rotatable bonds is 2. The van der Waals surface area contributed by atoms with Crippen molar-refractivity contribution in [1.82, 2.24) is 4.98 Å². The molecule has 1 amide bonds. The van der Waals surface area contributed by atoms with Crippen molar-refractivity contribution in [3.8, 4) is 0 Å². The average molecular weight is 367 g/mol. The molecule has 2 aliphatic rings. The van der Waals surface area contributed by atoms with Gasteiger partial charge in [0.15, 0.2) is 0 Å². The molecule has 1 atom stereocenters. The van der Waals surface area contributed by atoms with E-state index in [1.165, 1.54) is 0 Å². The van der Waals surface area contributed by atoms with Crippen molar-refractivity contribution in [3.63, 3.8) is 0 Å². The summed E-state index contributed by atoms with van der Waals surface area (Å²) < 4.78 is 6.00. The molecule has 2 aliphatic carbocycles. The molecule has 1 aromatic heterocycles. The lowest BCUT2D eigenvalue weighted by molar-refractivity contribution is 0.0623. The van der Waals surface area contributed by atoms with Gasteiger partial charge in [0.2, 0.25) is 0 Å². The molecule has 1 saturated carbocycles. The molecular formula is C15H15BrN2O2S. The second-order valence-electron chi connectivity index (χ2n) is 5.09. The maximum atomic E-state index is 11.8. The maximum Gasteiger partial charge on any atom is 0.413 e. The van der Waals surface area contributed by atoms with Gasteiger partial charge in [-0.15, -0.1) is 0 Å². The van der Waals surface area contributed by atoms with E-state index in [0.717, 1.165) is 35.0 Å². The van der Waals surface area contributed by atoms with Crippen LogP contribution in [-0.4, -0.2) is 22.4 Å². The molecule has 110 valence electrons. The van der Waals surface area contributed by atoms with E-state index in [1.807, 2.05) is 30.4 Å². The fraction of sp³-hybridized carbons (Fsp3) is 0.333. The second-order valence-corrected chi connectivity index (χ2v) is 6.54. The zero-order chi connectivity index (χ0) is 14.8. The number of carbonyl (C=O) groups is 1. The summed E-state index contributed by atoms with van der Waals surface area (Å²) in [5.74, 6) is 0.466. The van der Waals surface area contributed by atoms with E-state index in [0.29, 0.717) is 5.82 Å². The van der Waals surface area contributed by atoms with Gasteiger partial charge in [-0.05, 0) is 47.3 Å². The van der Waals surface area contributed by atoms with Gasteiger partial charge in [0.05, 0.1) is 10.2 Å². The van der Waals surface area contributed by atoms with E-state index < -0.39 is 6.09 Å². The lowest BCUT2D eigenvalue weighted by Gasteiger charge is -2.25. The van der Waals surface area contributed by atoms with Crippen LogP contribution in [0.15, 0.2) is 22.7 Å². The monoisotopic (exact) mass is 366 g/mol. The number of ether oxygens (including phenoxy) is 1. The van der Waals surface area contributed by atoms with E-state index in [4.69, 9.17) is 4.74 Å². The Balaban J connectivity index is 1.78. The number of nitrogens with zero attached hydrogens (tertiary/aromatic N) is 1. The Hall–Kier alpha value is -1.27. The largest absolute Gasteiger partial charge is 0.446 e. The lowest BCUT2D eigenvalue weighted by atomic mass is 9.96. The van der Waals surface area contributed by atoms with Gasteiger partial charge in [-0.3, -0.25) is 5.32 Å². The van der Waals surface area contributed by atoms with Crippen molar-refractivity contribution in [1.29, 1.82) is 0 Å². The Labute approximate surface area is 137 Å². The van der Waals surface area contributed by atoms with Gasteiger partial charge in [0, 0.05) is 10.8 Å². The molecule has 0 bridgehead atoms. The number of halogens is 1. The lowest BCUT2D eigenvalue weighted by Crippen LogP contribution is -2.28. The third-order valence-electron chi connectivity index (χ3n) is 3.51. The van der Waals surface area contributed by atoms with E-state index >= 15 is 0 Å². The molecule has 1 aromatic rings. The minimum atomic E-state index is -0.451. The molecule has 0 spiro atoms. The average Bonchev–Trinajstić information content (AvgIpc) is 2.58. The van der Waals surface area contributed by atoms with Crippen molar-refractivity contribution in [3.05, 3.63) is 33.9 Å². The maximum absolute atomic E-state index is 11.8. The minimum Gasteiger partial charge on any atom is -0.446 e. The quantitative estimate of drug-likeness (QED) is 0.767. The number of pyridine rings is 1. The van der Waals surface area contributed by atoms with Crippen LogP contribution in [0.25, 0.3) is 12.2 Å². The van der Waals surface area contributed by atoms with E-state index in [9.17, 15) is 4.79 Å². The standard InChI is InChI=1S/C15H15BrN2O2S/c16-12-8-9-4-5-11(21)6-7-13(9)17-14(12)18-15(19)20-10-2-1-3-10/h4-8,10-11,21H,1-3H2,(H,17,18,19). The summed E-state index contributed by atoms with van der Waals surface area (Å²) in [6, 6.07) is 1.92. The third kappa shape index (κ3) is 3.49. The smallest absolute Gasteiger partial charge is 0.413 e. The van der Waals surface area contributed by atoms with E-state index in [-0.39, 0.29) is 11.4 Å². The van der Waals surface area contributed by atoms with Crippen molar-refractivity contribution in [2.45, 2.75) is 30.6 Å². The summed E-state index contributed by atoms with van der Waals surface area (Å²) in [6.07, 6.45) is 10.4. The van der Waals surface area contributed by atoms with Crippen LogP contribution in [0.4, 0.5) is 10.6 Å². The predicted octanol–water partition coefficient (Wildman–Crippen LogP) is 4.28. The number of hydrogen-bond acceptors (Lipinski definition) is 4. The van der Waals surface area contributed by atoms with Crippen LogP contribution in [0, 0.1) is 0 Å². The summed E-state index contributed by atoms with van der Waals surface area (Å²) in [5.41, 5.74) is 1.78. The summed E-state index contributed by atoms with van der Waals surface area (Å²) >= 11 is 7.83. The van der Waals surface area contributed by atoms with E-state index in [2.05, 4.69) is 38.9 Å². The number of aromatic nitrogens is 1. The highest BCUT2D eigenvalue weighted by Gasteiger charge is 2.22. The highest BCUT2D eigenvalue weighted by Crippen LogP contribution is 2.28. The molecule has 1 N–H and O–H groups in total. The third-order valence-corrected chi connectivity index (χ3v) is 4.46. The molecule has 21 heavy (non-hydrogen) atoms.